The van der Waals surface area contributed by atoms with Crippen molar-refractivity contribution in [2.24, 2.45) is 10.8 Å². The molecule has 0 heterocycles. The molecule has 0 radical (unpaired) electrons. The Kier molecular flexibility index (Phi) is 1.94. The Hall–Kier alpha value is 0.400. The molecule has 16 heavy (non-hydrogen) atoms. The lowest BCUT2D eigenvalue weighted by Gasteiger charge is -2.32. The van der Waals surface area contributed by atoms with E-state index in [1.54, 1.807) is 0 Å². The second-order valence-corrected chi connectivity index (χ2v) is 9.54. The number of aliphatic carboxylic acids is 2. The zero-order valence-corrected chi connectivity index (χ0v) is 12.6. The van der Waals surface area contributed by atoms with Crippen LogP contribution in [0.3, 0.4) is 0 Å². The van der Waals surface area contributed by atoms with E-state index in [9.17, 15) is 19.8 Å². The van der Waals surface area contributed by atoms with Crippen LogP contribution in [0, 0.1) is 10.8 Å². The molecular formula is C10H10I2O4. The molecule has 6 heteroatoms. The van der Waals surface area contributed by atoms with Crippen LogP contribution >= 0.6 is 45.2 Å². The van der Waals surface area contributed by atoms with Crippen LogP contribution in [-0.4, -0.2) is 29.0 Å². The van der Waals surface area contributed by atoms with E-state index >= 15 is 0 Å². The van der Waals surface area contributed by atoms with E-state index in [0.29, 0.717) is 25.7 Å². The molecule has 0 amide bonds. The van der Waals surface area contributed by atoms with Crippen LogP contribution in [0.1, 0.15) is 25.7 Å². The third kappa shape index (κ3) is 0.874. The Morgan fingerprint density at radius 2 is 1.06 bits per heavy atom. The summed E-state index contributed by atoms with van der Waals surface area (Å²) in [5.41, 5.74) is -2.03. The van der Waals surface area contributed by atoms with Crippen LogP contribution in [0.5, 0.6) is 0 Å². The fourth-order valence-electron chi connectivity index (χ4n) is 4.19. The molecule has 4 rings (SSSR count). The highest BCUT2D eigenvalue weighted by Crippen LogP contribution is 2.84. The maximum absolute atomic E-state index is 11.5. The van der Waals surface area contributed by atoms with Gasteiger partial charge < -0.3 is 10.2 Å². The molecule has 0 atom stereocenters. The highest BCUT2D eigenvalue weighted by atomic mass is 127. The van der Waals surface area contributed by atoms with Gasteiger partial charge in [-0.2, -0.15) is 0 Å². The van der Waals surface area contributed by atoms with E-state index in [4.69, 9.17) is 0 Å². The third-order valence-electron chi connectivity index (χ3n) is 4.87. The van der Waals surface area contributed by atoms with E-state index < -0.39 is 22.8 Å². The first-order chi connectivity index (χ1) is 7.22. The Balaban J connectivity index is 2.24. The predicted molar refractivity (Wildman–Crippen MR) is 72.1 cm³/mol. The molecule has 4 nitrogen and oxygen atoms in total. The Morgan fingerprint density at radius 3 is 1.25 bits per heavy atom. The van der Waals surface area contributed by atoms with Gasteiger partial charge in [-0.05, 0) is 25.7 Å². The number of rotatable bonds is 2. The van der Waals surface area contributed by atoms with Crippen LogP contribution < -0.4 is 0 Å². The van der Waals surface area contributed by atoms with Crippen molar-refractivity contribution in [2.75, 3.05) is 0 Å². The lowest BCUT2D eigenvalue weighted by molar-refractivity contribution is -0.167. The number of carbonyl (C=O) groups is 2. The van der Waals surface area contributed by atoms with E-state index in [-0.39, 0.29) is 6.84 Å². The van der Waals surface area contributed by atoms with E-state index in [0.717, 1.165) is 0 Å². The summed E-state index contributed by atoms with van der Waals surface area (Å²) in [5, 5.41) is 18.9. The maximum Gasteiger partial charge on any atom is 0.310 e. The number of halogens is 2. The normalized spacial score (nSPS) is 57.1. The molecule has 4 fully saturated rings. The van der Waals surface area contributed by atoms with Crippen molar-refractivity contribution in [3.63, 3.8) is 0 Å². The van der Waals surface area contributed by atoms with E-state index in [1.165, 1.54) is 0 Å². The molecule has 2 N–H and O–H groups in total. The topological polar surface area (TPSA) is 74.6 Å². The van der Waals surface area contributed by atoms with Gasteiger partial charge >= 0.3 is 11.9 Å². The van der Waals surface area contributed by atoms with Crippen LogP contribution in [0.2, 0.25) is 0 Å². The highest BCUT2D eigenvalue weighted by Gasteiger charge is 2.87. The minimum absolute atomic E-state index is 0.137. The molecule has 0 spiro atoms. The summed E-state index contributed by atoms with van der Waals surface area (Å²) in [6.07, 6.45) is 2.08. The Bertz CT molecular complexity index is 379. The highest BCUT2D eigenvalue weighted by molar-refractivity contribution is 14.1. The Labute approximate surface area is 119 Å². The summed E-state index contributed by atoms with van der Waals surface area (Å²) >= 11 is 4.62. The molecule has 4 aliphatic carbocycles. The second kappa shape index (κ2) is 2.70. The van der Waals surface area contributed by atoms with Crippen LogP contribution in [-0.2, 0) is 9.59 Å². The van der Waals surface area contributed by atoms with Crippen molar-refractivity contribution in [1.82, 2.24) is 0 Å². The molecule has 4 saturated carbocycles. The first kappa shape index (κ1) is 11.5. The summed E-state index contributed by atoms with van der Waals surface area (Å²) in [4.78, 5) is 23.1. The first-order valence-electron chi connectivity index (χ1n) is 5.06. The Morgan fingerprint density at radius 1 is 0.812 bits per heavy atom. The summed E-state index contributed by atoms with van der Waals surface area (Å²) in [5.74, 6) is -1.83. The number of hydrogen-bond acceptors (Lipinski definition) is 2. The molecule has 0 aromatic carbocycles. The summed E-state index contributed by atoms with van der Waals surface area (Å²) in [6.45, 7) is 0. The van der Waals surface area contributed by atoms with Gasteiger partial charge in [0.1, 0.15) is 0 Å². The van der Waals surface area contributed by atoms with Crippen molar-refractivity contribution in [2.45, 2.75) is 32.5 Å². The average molecular weight is 448 g/mol. The minimum atomic E-state index is -1.01. The lowest BCUT2D eigenvalue weighted by atomic mass is 9.68. The summed E-state index contributed by atoms with van der Waals surface area (Å²) in [7, 11) is 0. The number of alkyl halides is 2. The third-order valence-corrected chi connectivity index (χ3v) is 9.49. The standard InChI is InChI=1S/C10H10I2O4/c11-9-1-7(5(13)14)2-10(9,12)4-8(7,3-9)6(15)16/h1-4H2,(H,13,14)(H,15,16). The SMILES string of the molecule is O=C(O)C12CC3(I)CC1(C(=O)O)CC3(I)C2. The molecule has 88 valence electrons. The van der Waals surface area contributed by atoms with Gasteiger partial charge in [0.2, 0.25) is 0 Å². The van der Waals surface area contributed by atoms with Gasteiger partial charge in [-0.15, -0.1) is 0 Å². The largest absolute Gasteiger partial charge is 0.481 e. The maximum atomic E-state index is 11.5. The van der Waals surface area contributed by atoms with Gasteiger partial charge in [0.15, 0.2) is 0 Å². The zero-order chi connectivity index (χ0) is 12.0. The van der Waals surface area contributed by atoms with E-state index in [1.807, 2.05) is 0 Å². The lowest BCUT2D eigenvalue weighted by Crippen LogP contribution is -2.44. The second-order valence-electron chi connectivity index (χ2n) is 5.41. The molecule has 0 aromatic rings. The number of carboxylic acids is 2. The van der Waals surface area contributed by atoms with Gasteiger partial charge in [-0.25, -0.2) is 0 Å². The van der Waals surface area contributed by atoms with Crippen molar-refractivity contribution in [1.29, 1.82) is 0 Å². The first-order valence-corrected chi connectivity index (χ1v) is 7.22. The van der Waals surface area contributed by atoms with Crippen molar-refractivity contribution in [3.05, 3.63) is 0 Å². The average Bonchev–Trinajstić information content (AvgIpc) is 2.64. The molecule has 0 unspecified atom stereocenters. The monoisotopic (exact) mass is 448 g/mol. The van der Waals surface area contributed by atoms with Gasteiger partial charge in [0, 0.05) is 6.84 Å². The molecule has 0 saturated heterocycles. The van der Waals surface area contributed by atoms with Crippen molar-refractivity contribution >= 4 is 57.1 Å². The molecule has 0 aromatic heterocycles. The van der Waals surface area contributed by atoms with Gasteiger partial charge in [0.05, 0.1) is 10.8 Å². The minimum Gasteiger partial charge on any atom is -0.481 e. The summed E-state index contributed by atoms with van der Waals surface area (Å²) in [6, 6.07) is 0. The molecule has 4 aliphatic rings. The van der Waals surface area contributed by atoms with Crippen LogP contribution in [0.4, 0.5) is 0 Å². The molecule has 0 aliphatic heterocycles. The molecule has 4 bridgehead atoms. The quantitative estimate of drug-likeness (QED) is 0.502. The fourth-order valence-corrected chi connectivity index (χ4v) is 7.55. The summed E-state index contributed by atoms with van der Waals surface area (Å²) < 4.78 is -0.274. The fraction of sp³-hybridized carbons (Fsp3) is 0.800. The van der Waals surface area contributed by atoms with Gasteiger partial charge in [-0.1, -0.05) is 45.2 Å². The number of hydrogen-bond donors (Lipinski definition) is 2. The molecular weight excluding hydrogens is 438 g/mol. The zero-order valence-electron chi connectivity index (χ0n) is 8.30. The van der Waals surface area contributed by atoms with Gasteiger partial charge in [-0.3, -0.25) is 9.59 Å². The van der Waals surface area contributed by atoms with Gasteiger partial charge in [0.25, 0.3) is 0 Å². The van der Waals surface area contributed by atoms with Crippen molar-refractivity contribution in [3.8, 4) is 0 Å². The smallest absolute Gasteiger partial charge is 0.310 e. The van der Waals surface area contributed by atoms with Crippen LogP contribution in [0.25, 0.3) is 0 Å². The number of carboxylic acid groups (broad SMARTS) is 2. The predicted octanol–water partition coefficient (Wildman–Crippen LogP) is 2.08. The van der Waals surface area contributed by atoms with E-state index in [2.05, 4.69) is 45.2 Å². The van der Waals surface area contributed by atoms with Crippen LogP contribution in [0.15, 0.2) is 0 Å². The van der Waals surface area contributed by atoms with Crippen molar-refractivity contribution < 1.29 is 19.8 Å².